The number of aliphatic hydroxyl groups is 1. The second kappa shape index (κ2) is 8.76. The van der Waals surface area contributed by atoms with E-state index in [1.807, 2.05) is 45.0 Å². The van der Waals surface area contributed by atoms with Crippen molar-refractivity contribution in [3.63, 3.8) is 0 Å². The summed E-state index contributed by atoms with van der Waals surface area (Å²) in [5.41, 5.74) is 1.23. The van der Waals surface area contributed by atoms with Gasteiger partial charge in [-0.2, -0.15) is 0 Å². The molecule has 3 N–H and O–H groups in total. The van der Waals surface area contributed by atoms with Gasteiger partial charge in [0.1, 0.15) is 0 Å². The van der Waals surface area contributed by atoms with Gasteiger partial charge in [0.2, 0.25) is 0 Å². The number of ether oxygens (including phenoxy) is 1. The summed E-state index contributed by atoms with van der Waals surface area (Å²) in [5, 5.41) is 15.5. The number of benzene rings is 1. The van der Waals surface area contributed by atoms with Gasteiger partial charge in [0.25, 0.3) is 0 Å². The molecule has 5 heteroatoms. The first-order chi connectivity index (χ1) is 10.3. The number of hydrogen-bond donors (Lipinski definition) is 3. The summed E-state index contributed by atoms with van der Waals surface area (Å²) < 4.78 is 5.34. The standard InChI is InChI=1S/C17H28N2O3/c1-5-22-11-15-8-6-14(7-9-15)10-18-16(20)19-12-17(4,21)13(2)3/h6-9,13,21H,5,10-12H2,1-4H3,(H2,18,19,20). The van der Waals surface area contributed by atoms with E-state index in [4.69, 9.17) is 4.74 Å². The van der Waals surface area contributed by atoms with E-state index in [-0.39, 0.29) is 18.5 Å². The lowest BCUT2D eigenvalue weighted by Crippen LogP contribution is -2.47. The van der Waals surface area contributed by atoms with Crippen molar-refractivity contribution in [1.82, 2.24) is 10.6 Å². The van der Waals surface area contributed by atoms with Gasteiger partial charge in [0.05, 0.1) is 12.2 Å². The summed E-state index contributed by atoms with van der Waals surface area (Å²) in [6, 6.07) is 7.65. The van der Waals surface area contributed by atoms with Crippen LogP contribution < -0.4 is 10.6 Å². The number of amides is 2. The third-order valence-corrected chi connectivity index (χ3v) is 3.80. The molecule has 0 saturated heterocycles. The molecule has 124 valence electrons. The lowest BCUT2D eigenvalue weighted by atomic mass is 9.93. The van der Waals surface area contributed by atoms with Gasteiger partial charge in [0.15, 0.2) is 0 Å². The molecule has 0 aromatic heterocycles. The molecule has 1 unspecified atom stereocenters. The maximum Gasteiger partial charge on any atom is 0.315 e. The average molecular weight is 308 g/mol. The molecular weight excluding hydrogens is 280 g/mol. The first kappa shape index (κ1) is 18.5. The first-order valence-electron chi connectivity index (χ1n) is 7.74. The molecule has 0 spiro atoms. The van der Waals surface area contributed by atoms with Crippen molar-refractivity contribution in [3.05, 3.63) is 35.4 Å². The van der Waals surface area contributed by atoms with E-state index in [0.29, 0.717) is 19.8 Å². The van der Waals surface area contributed by atoms with Gasteiger partial charge in [-0.05, 0) is 30.9 Å². The summed E-state index contributed by atoms with van der Waals surface area (Å²) >= 11 is 0. The normalized spacial score (nSPS) is 13.7. The molecule has 0 aliphatic carbocycles. The molecule has 0 aliphatic rings. The van der Waals surface area contributed by atoms with Gasteiger partial charge < -0.3 is 20.5 Å². The zero-order valence-corrected chi connectivity index (χ0v) is 14.0. The maximum absolute atomic E-state index is 11.7. The highest BCUT2D eigenvalue weighted by Crippen LogP contribution is 2.14. The zero-order valence-electron chi connectivity index (χ0n) is 14.0. The van der Waals surface area contributed by atoms with Crippen molar-refractivity contribution in [2.75, 3.05) is 13.2 Å². The largest absolute Gasteiger partial charge is 0.388 e. The summed E-state index contributed by atoms with van der Waals surface area (Å²) in [4.78, 5) is 11.7. The second-order valence-electron chi connectivity index (χ2n) is 6.00. The number of carbonyl (C=O) groups excluding carboxylic acids is 1. The van der Waals surface area contributed by atoms with Crippen LogP contribution in [0.25, 0.3) is 0 Å². The minimum Gasteiger partial charge on any atom is -0.388 e. The van der Waals surface area contributed by atoms with Crippen LogP contribution in [0.4, 0.5) is 4.79 Å². The van der Waals surface area contributed by atoms with Gasteiger partial charge in [-0.15, -0.1) is 0 Å². The minimum absolute atomic E-state index is 0.0747. The molecule has 0 aliphatic heterocycles. The van der Waals surface area contributed by atoms with Crippen LogP contribution in [0.3, 0.4) is 0 Å². The number of hydrogen-bond acceptors (Lipinski definition) is 3. The van der Waals surface area contributed by atoms with Gasteiger partial charge in [-0.1, -0.05) is 38.1 Å². The Morgan fingerprint density at radius 3 is 2.36 bits per heavy atom. The highest BCUT2D eigenvalue weighted by Gasteiger charge is 2.25. The average Bonchev–Trinajstić information content (AvgIpc) is 2.49. The second-order valence-corrected chi connectivity index (χ2v) is 6.00. The van der Waals surface area contributed by atoms with Crippen molar-refractivity contribution in [2.24, 2.45) is 5.92 Å². The van der Waals surface area contributed by atoms with Gasteiger partial charge in [-0.3, -0.25) is 0 Å². The van der Waals surface area contributed by atoms with Crippen LogP contribution in [0.15, 0.2) is 24.3 Å². The summed E-state index contributed by atoms with van der Waals surface area (Å²) in [6.07, 6.45) is 0. The lowest BCUT2D eigenvalue weighted by Gasteiger charge is -2.27. The van der Waals surface area contributed by atoms with E-state index in [1.54, 1.807) is 6.92 Å². The maximum atomic E-state index is 11.7. The quantitative estimate of drug-likeness (QED) is 0.691. The van der Waals surface area contributed by atoms with Crippen LogP contribution in [0.5, 0.6) is 0 Å². The van der Waals surface area contributed by atoms with Crippen molar-refractivity contribution >= 4 is 6.03 Å². The van der Waals surface area contributed by atoms with Crippen molar-refractivity contribution in [1.29, 1.82) is 0 Å². The van der Waals surface area contributed by atoms with E-state index in [1.165, 1.54) is 0 Å². The van der Waals surface area contributed by atoms with Crippen LogP contribution in [0.2, 0.25) is 0 Å². The highest BCUT2D eigenvalue weighted by molar-refractivity contribution is 5.73. The van der Waals surface area contributed by atoms with E-state index in [0.717, 1.165) is 11.1 Å². The molecular formula is C17H28N2O3. The van der Waals surface area contributed by atoms with Crippen LogP contribution in [-0.2, 0) is 17.9 Å². The minimum atomic E-state index is -0.904. The fourth-order valence-electron chi connectivity index (χ4n) is 1.68. The van der Waals surface area contributed by atoms with Gasteiger partial charge in [-0.25, -0.2) is 4.79 Å². The van der Waals surface area contributed by atoms with Gasteiger partial charge in [0, 0.05) is 19.7 Å². The van der Waals surface area contributed by atoms with Gasteiger partial charge >= 0.3 is 6.03 Å². The molecule has 1 aromatic carbocycles. The summed E-state index contributed by atoms with van der Waals surface area (Å²) in [6.45, 7) is 9.50. The topological polar surface area (TPSA) is 70.6 Å². The fourth-order valence-corrected chi connectivity index (χ4v) is 1.68. The van der Waals surface area contributed by atoms with E-state index < -0.39 is 5.60 Å². The first-order valence-corrected chi connectivity index (χ1v) is 7.74. The summed E-state index contributed by atoms with van der Waals surface area (Å²) in [7, 11) is 0. The Balaban J connectivity index is 2.35. The number of urea groups is 1. The predicted octanol–water partition coefficient (Wildman–Crippen LogP) is 2.43. The SMILES string of the molecule is CCOCc1ccc(CNC(=O)NCC(C)(O)C(C)C)cc1. The highest BCUT2D eigenvalue weighted by atomic mass is 16.5. The zero-order chi connectivity index (χ0) is 16.6. The van der Waals surface area contributed by atoms with Crippen LogP contribution in [-0.4, -0.2) is 29.9 Å². The Morgan fingerprint density at radius 1 is 1.23 bits per heavy atom. The third-order valence-electron chi connectivity index (χ3n) is 3.80. The molecule has 0 fully saturated rings. The number of carbonyl (C=O) groups is 1. The molecule has 1 atom stereocenters. The molecule has 0 heterocycles. The summed E-state index contributed by atoms with van der Waals surface area (Å²) in [5.74, 6) is 0.0747. The molecule has 1 aromatic rings. The monoisotopic (exact) mass is 308 g/mol. The van der Waals surface area contributed by atoms with Crippen LogP contribution in [0, 0.1) is 5.92 Å². The smallest absolute Gasteiger partial charge is 0.315 e. The third kappa shape index (κ3) is 6.45. The molecule has 0 saturated carbocycles. The molecule has 5 nitrogen and oxygen atoms in total. The number of nitrogens with one attached hydrogen (secondary N) is 2. The molecule has 0 bridgehead atoms. The van der Waals surface area contributed by atoms with Crippen molar-refractivity contribution < 1.29 is 14.6 Å². The van der Waals surface area contributed by atoms with E-state index in [9.17, 15) is 9.90 Å². The molecule has 22 heavy (non-hydrogen) atoms. The van der Waals surface area contributed by atoms with E-state index in [2.05, 4.69) is 10.6 Å². The lowest BCUT2D eigenvalue weighted by molar-refractivity contribution is 0.0166. The van der Waals surface area contributed by atoms with Crippen LogP contribution in [0.1, 0.15) is 38.8 Å². The number of rotatable bonds is 8. The Hall–Kier alpha value is -1.59. The van der Waals surface area contributed by atoms with Crippen molar-refractivity contribution in [2.45, 2.75) is 46.4 Å². The Kier molecular flexibility index (Phi) is 7.35. The molecule has 2 amide bonds. The van der Waals surface area contributed by atoms with E-state index >= 15 is 0 Å². The van der Waals surface area contributed by atoms with Crippen molar-refractivity contribution in [3.8, 4) is 0 Å². The fraction of sp³-hybridized carbons (Fsp3) is 0.588. The predicted molar refractivity (Wildman–Crippen MR) is 87.5 cm³/mol. The Bertz CT molecular complexity index is 455. The molecule has 0 radical (unpaired) electrons. The Labute approximate surface area is 133 Å². The molecule has 1 rings (SSSR count). The Morgan fingerprint density at radius 2 is 1.82 bits per heavy atom. The van der Waals surface area contributed by atoms with Crippen LogP contribution >= 0.6 is 0 Å².